The third-order valence-electron chi connectivity index (χ3n) is 8.37. The van der Waals surface area contributed by atoms with Crippen LogP contribution in [0.4, 0.5) is 13.2 Å². The van der Waals surface area contributed by atoms with E-state index in [1.807, 2.05) is 49.7 Å². The Kier molecular flexibility index (Phi) is 7.59. The largest absolute Gasteiger partial charge is 0.366 e. The summed E-state index contributed by atoms with van der Waals surface area (Å²) in [4.78, 5) is 18.0. The number of carbonyl (C=O) groups excluding carboxylic acids is 1. The molecule has 232 valence electrons. The Bertz CT molecular complexity index is 2090. The summed E-state index contributed by atoms with van der Waals surface area (Å²) in [5.41, 5.74) is 8.77. The molecule has 0 radical (unpaired) electrons. The summed E-state index contributed by atoms with van der Waals surface area (Å²) in [6.07, 6.45) is 2.51. The van der Waals surface area contributed by atoms with E-state index in [4.69, 9.17) is 10.7 Å². The molecule has 45 heavy (non-hydrogen) atoms. The van der Waals surface area contributed by atoms with Crippen LogP contribution < -0.4 is 5.73 Å². The predicted molar refractivity (Wildman–Crippen MR) is 167 cm³/mol. The number of pyridine rings is 1. The number of halogens is 3. The highest BCUT2D eigenvalue weighted by atomic mass is 32.2. The van der Waals surface area contributed by atoms with E-state index in [1.165, 1.54) is 18.2 Å². The molecule has 2 N–H and O–H groups in total. The molecule has 1 unspecified atom stereocenters. The van der Waals surface area contributed by atoms with Crippen LogP contribution in [-0.4, -0.2) is 29.6 Å². The molecule has 2 aromatic heterocycles. The van der Waals surface area contributed by atoms with E-state index >= 15 is 0 Å². The Morgan fingerprint density at radius 3 is 2.36 bits per heavy atom. The van der Waals surface area contributed by atoms with Gasteiger partial charge in [-0.15, -0.1) is 0 Å². The lowest BCUT2D eigenvalue weighted by Crippen LogP contribution is -2.29. The number of aromatic nitrogens is 2. The van der Waals surface area contributed by atoms with Gasteiger partial charge in [0.15, 0.2) is 21.5 Å². The monoisotopic (exact) mass is 631 g/mol. The molecule has 0 saturated heterocycles. The van der Waals surface area contributed by atoms with Gasteiger partial charge in [-0.25, -0.2) is 21.6 Å². The summed E-state index contributed by atoms with van der Waals surface area (Å²) in [7, 11) is -3.93. The second kappa shape index (κ2) is 11.2. The van der Waals surface area contributed by atoms with Gasteiger partial charge in [0.25, 0.3) is 5.91 Å². The van der Waals surface area contributed by atoms with Crippen LogP contribution in [0.2, 0.25) is 0 Å². The number of rotatable bonds is 8. The van der Waals surface area contributed by atoms with Gasteiger partial charge in [0.05, 0.1) is 27.6 Å². The van der Waals surface area contributed by atoms with Crippen LogP contribution in [0.15, 0.2) is 77.8 Å². The minimum absolute atomic E-state index is 0.00557. The molecule has 3 aromatic carbocycles. The molecule has 0 aliphatic carbocycles. The average Bonchev–Trinajstić information content (AvgIpc) is 3.45. The highest BCUT2D eigenvalue weighted by Crippen LogP contribution is 2.47. The molecule has 1 amide bonds. The second-order valence-corrected chi connectivity index (χ2v) is 14.5. The standard InChI is InChI=1S/C35H32F3N3O3S/c1-20(2)14-28-31(34(39)42)30(32-33(40-28)35(3,19-45(32,43)44)17-21-4-8-25(36)9-5-21)24-7-11-29-23(16-24)12-13-41(29)18-22-6-10-26(37)27(38)15-22/h4-13,15-16,20H,14,17-19H2,1-3H3,(H2,39,42). The molecule has 1 atom stereocenters. The van der Waals surface area contributed by atoms with Gasteiger partial charge in [-0.3, -0.25) is 9.78 Å². The summed E-state index contributed by atoms with van der Waals surface area (Å²) < 4.78 is 70.9. The number of primary amides is 1. The SMILES string of the molecule is CC(C)Cc1nc2c(c(-c3ccc4c(ccn4Cc4ccc(F)c(F)c4)c3)c1C(N)=O)S(=O)(=O)CC2(C)Cc1ccc(F)cc1. The first-order valence-corrected chi connectivity index (χ1v) is 16.3. The van der Waals surface area contributed by atoms with Crippen LogP contribution in [0.3, 0.4) is 0 Å². The first kappa shape index (κ1) is 30.6. The van der Waals surface area contributed by atoms with Crippen molar-refractivity contribution in [2.75, 3.05) is 5.75 Å². The first-order chi connectivity index (χ1) is 21.3. The second-order valence-electron chi connectivity index (χ2n) is 12.5. The number of hydrogen-bond donors (Lipinski definition) is 1. The van der Waals surface area contributed by atoms with Crippen LogP contribution in [0.5, 0.6) is 0 Å². The fourth-order valence-electron chi connectivity index (χ4n) is 6.48. The Morgan fingerprint density at radius 2 is 1.69 bits per heavy atom. The van der Waals surface area contributed by atoms with E-state index in [2.05, 4.69) is 0 Å². The number of nitrogens with two attached hydrogens (primary N) is 1. The van der Waals surface area contributed by atoms with Crippen LogP contribution in [0.1, 0.15) is 53.6 Å². The maximum Gasteiger partial charge on any atom is 0.251 e. The minimum atomic E-state index is -3.93. The molecule has 5 aromatic rings. The zero-order valence-corrected chi connectivity index (χ0v) is 25.9. The normalized spacial score (nSPS) is 17.2. The van der Waals surface area contributed by atoms with Crippen molar-refractivity contribution >= 4 is 26.6 Å². The van der Waals surface area contributed by atoms with Crippen molar-refractivity contribution in [2.24, 2.45) is 11.7 Å². The summed E-state index contributed by atoms with van der Waals surface area (Å²) in [6.45, 7) is 6.08. The minimum Gasteiger partial charge on any atom is -0.366 e. The lowest BCUT2D eigenvalue weighted by molar-refractivity contribution is 0.0999. The molecule has 0 spiro atoms. The number of benzene rings is 3. The van der Waals surface area contributed by atoms with Crippen molar-refractivity contribution < 1.29 is 26.4 Å². The van der Waals surface area contributed by atoms with Crippen molar-refractivity contribution in [3.05, 3.63) is 118 Å². The quantitative estimate of drug-likeness (QED) is 0.205. The number of fused-ring (bicyclic) bond motifs is 2. The Balaban J connectivity index is 1.54. The number of amides is 1. The van der Waals surface area contributed by atoms with Crippen molar-refractivity contribution in [1.29, 1.82) is 0 Å². The van der Waals surface area contributed by atoms with E-state index in [0.29, 0.717) is 35.4 Å². The molecular formula is C35H32F3N3O3S. The highest BCUT2D eigenvalue weighted by Gasteiger charge is 2.48. The van der Waals surface area contributed by atoms with Gasteiger partial charge in [-0.2, -0.15) is 0 Å². The number of sulfone groups is 1. The molecule has 0 bridgehead atoms. The van der Waals surface area contributed by atoms with Gasteiger partial charge in [0.2, 0.25) is 0 Å². The van der Waals surface area contributed by atoms with Gasteiger partial charge >= 0.3 is 0 Å². The van der Waals surface area contributed by atoms with Crippen LogP contribution in [-0.2, 0) is 34.6 Å². The van der Waals surface area contributed by atoms with Crippen molar-refractivity contribution in [2.45, 2.75) is 50.5 Å². The summed E-state index contributed by atoms with van der Waals surface area (Å²) in [5.74, 6) is -3.14. The lowest BCUT2D eigenvalue weighted by atomic mass is 9.80. The highest BCUT2D eigenvalue weighted by molar-refractivity contribution is 7.92. The molecule has 1 aliphatic heterocycles. The Labute approximate surface area is 259 Å². The van der Waals surface area contributed by atoms with Crippen molar-refractivity contribution in [1.82, 2.24) is 9.55 Å². The average molecular weight is 632 g/mol. The van der Waals surface area contributed by atoms with Gasteiger partial charge in [0.1, 0.15) is 5.82 Å². The predicted octanol–water partition coefficient (Wildman–Crippen LogP) is 6.75. The van der Waals surface area contributed by atoms with E-state index in [0.717, 1.165) is 28.6 Å². The summed E-state index contributed by atoms with van der Waals surface area (Å²) in [6, 6.07) is 16.9. The number of carbonyl (C=O) groups is 1. The Morgan fingerprint density at radius 1 is 0.978 bits per heavy atom. The molecule has 1 aliphatic rings. The van der Waals surface area contributed by atoms with Crippen molar-refractivity contribution in [3.63, 3.8) is 0 Å². The molecule has 0 fully saturated rings. The molecule has 3 heterocycles. The number of hydrogen-bond acceptors (Lipinski definition) is 4. The smallest absolute Gasteiger partial charge is 0.251 e. The number of nitrogens with zero attached hydrogens (tertiary/aromatic N) is 2. The molecule has 6 rings (SSSR count). The lowest BCUT2D eigenvalue weighted by Gasteiger charge is -2.25. The molecule has 0 saturated carbocycles. The van der Waals surface area contributed by atoms with E-state index in [-0.39, 0.29) is 40.1 Å². The van der Waals surface area contributed by atoms with E-state index in [9.17, 15) is 26.4 Å². The topological polar surface area (TPSA) is 95.1 Å². The maximum absolute atomic E-state index is 14.0. The zero-order valence-electron chi connectivity index (χ0n) is 25.1. The summed E-state index contributed by atoms with van der Waals surface area (Å²) >= 11 is 0. The molecular weight excluding hydrogens is 599 g/mol. The fraction of sp³-hybridized carbons (Fsp3) is 0.257. The van der Waals surface area contributed by atoms with E-state index in [1.54, 1.807) is 18.2 Å². The first-order valence-electron chi connectivity index (χ1n) is 14.6. The Hall–Kier alpha value is -4.44. The van der Waals surface area contributed by atoms with Gasteiger partial charge < -0.3 is 10.3 Å². The molecule has 6 nitrogen and oxygen atoms in total. The zero-order chi connectivity index (χ0) is 32.3. The van der Waals surface area contributed by atoms with Gasteiger partial charge in [-0.05, 0) is 77.9 Å². The van der Waals surface area contributed by atoms with Crippen LogP contribution in [0, 0.1) is 23.4 Å². The van der Waals surface area contributed by atoms with Crippen LogP contribution >= 0.6 is 0 Å². The molecule has 10 heteroatoms. The van der Waals surface area contributed by atoms with E-state index < -0.39 is 32.8 Å². The third-order valence-corrected chi connectivity index (χ3v) is 10.4. The summed E-state index contributed by atoms with van der Waals surface area (Å²) in [5, 5.41) is 0.756. The van der Waals surface area contributed by atoms with Gasteiger partial charge in [0, 0.05) is 34.6 Å². The third kappa shape index (κ3) is 5.63. The van der Waals surface area contributed by atoms with Crippen molar-refractivity contribution in [3.8, 4) is 11.1 Å². The fourth-order valence-corrected chi connectivity index (χ4v) is 8.82. The van der Waals surface area contributed by atoms with Gasteiger partial charge in [-0.1, -0.05) is 45.0 Å². The van der Waals surface area contributed by atoms with Crippen LogP contribution in [0.25, 0.3) is 22.0 Å². The maximum atomic E-state index is 14.0.